The second-order valence-electron chi connectivity index (χ2n) is 6.52. The van der Waals surface area contributed by atoms with Crippen molar-refractivity contribution in [2.75, 3.05) is 14.1 Å². The highest BCUT2D eigenvalue weighted by molar-refractivity contribution is 7.97. The molecule has 3 aromatic rings. The predicted octanol–water partition coefficient (Wildman–Crippen LogP) is 4.44. The number of alkyl halides is 3. The Balaban J connectivity index is 1.65. The Morgan fingerprint density at radius 3 is 2.50 bits per heavy atom. The van der Waals surface area contributed by atoms with Crippen molar-refractivity contribution < 1.29 is 26.1 Å². The van der Waals surface area contributed by atoms with Gasteiger partial charge in [0.2, 0.25) is 21.7 Å². The van der Waals surface area contributed by atoms with Gasteiger partial charge < -0.3 is 4.52 Å². The van der Waals surface area contributed by atoms with Gasteiger partial charge in [-0.2, -0.15) is 18.2 Å². The summed E-state index contributed by atoms with van der Waals surface area (Å²) in [5.74, 6) is 1.18. The molecule has 0 saturated heterocycles. The molecule has 0 radical (unpaired) electrons. The fourth-order valence-corrected chi connectivity index (χ4v) is 4.31. The van der Waals surface area contributed by atoms with Crippen molar-refractivity contribution in [1.29, 1.82) is 0 Å². The Morgan fingerprint density at radius 2 is 1.80 bits per heavy atom. The maximum absolute atomic E-state index is 12.9. The van der Waals surface area contributed by atoms with Crippen LogP contribution in [0.15, 0.2) is 57.9 Å². The van der Waals surface area contributed by atoms with E-state index in [1.807, 2.05) is 6.07 Å². The van der Waals surface area contributed by atoms with E-state index in [4.69, 9.17) is 4.52 Å². The van der Waals surface area contributed by atoms with Crippen molar-refractivity contribution in [3.8, 4) is 11.4 Å². The summed E-state index contributed by atoms with van der Waals surface area (Å²) < 4.78 is 69.3. The van der Waals surface area contributed by atoms with Gasteiger partial charge >= 0.3 is 6.18 Å². The van der Waals surface area contributed by atoms with Gasteiger partial charge in [0.05, 0.1) is 16.2 Å². The lowest BCUT2D eigenvalue weighted by atomic mass is 10.1. The molecule has 0 amide bonds. The van der Waals surface area contributed by atoms with Crippen LogP contribution in [0.4, 0.5) is 13.2 Å². The van der Waals surface area contributed by atoms with E-state index in [9.17, 15) is 21.6 Å². The average molecular weight is 457 g/mol. The zero-order chi connectivity index (χ0) is 21.9. The first kappa shape index (κ1) is 22.3. The summed E-state index contributed by atoms with van der Waals surface area (Å²) in [4.78, 5) is 4.35. The standard InChI is InChI=1S/C19H18F3N3O3S2/c1-25(2)30(26,27)16-8-3-5-13(9-16)11-29-12-17-23-18(24-28-17)14-6-4-7-15(10-14)19(20,21)22/h3-10H,11-12H2,1-2H3. The van der Waals surface area contributed by atoms with Crippen LogP contribution >= 0.6 is 11.8 Å². The molecule has 0 aliphatic rings. The van der Waals surface area contributed by atoms with E-state index in [2.05, 4.69) is 10.1 Å². The van der Waals surface area contributed by atoms with Crippen molar-refractivity contribution in [2.45, 2.75) is 22.6 Å². The van der Waals surface area contributed by atoms with Crippen LogP contribution in [0.2, 0.25) is 0 Å². The second-order valence-corrected chi connectivity index (χ2v) is 9.66. The zero-order valence-electron chi connectivity index (χ0n) is 16.0. The van der Waals surface area contributed by atoms with E-state index >= 15 is 0 Å². The van der Waals surface area contributed by atoms with Gasteiger partial charge in [0, 0.05) is 25.4 Å². The molecule has 0 atom stereocenters. The largest absolute Gasteiger partial charge is 0.416 e. The second kappa shape index (κ2) is 8.78. The number of aromatic nitrogens is 2. The number of nitrogens with zero attached hydrogens (tertiary/aromatic N) is 3. The van der Waals surface area contributed by atoms with E-state index < -0.39 is 21.8 Å². The first-order valence-corrected chi connectivity index (χ1v) is 11.3. The van der Waals surface area contributed by atoms with E-state index in [-0.39, 0.29) is 22.2 Å². The lowest BCUT2D eigenvalue weighted by Gasteiger charge is -2.12. The van der Waals surface area contributed by atoms with Gasteiger partial charge in [0.1, 0.15) is 0 Å². The lowest BCUT2D eigenvalue weighted by Crippen LogP contribution is -2.22. The number of halogens is 3. The van der Waals surface area contributed by atoms with Gasteiger partial charge in [0.25, 0.3) is 0 Å². The molecular formula is C19H18F3N3O3S2. The SMILES string of the molecule is CN(C)S(=O)(=O)c1cccc(CSCc2nc(-c3cccc(C(F)(F)F)c3)no2)c1. The maximum Gasteiger partial charge on any atom is 0.416 e. The van der Waals surface area contributed by atoms with Crippen molar-refractivity contribution >= 4 is 21.8 Å². The molecule has 1 aromatic heterocycles. The molecule has 2 aromatic carbocycles. The Bertz CT molecular complexity index is 1130. The molecule has 11 heteroatoms. The summed E-state index contributed by atoms with van der Waals surface area (Å²) >= 11 is 1.42. The third-order valence-corrected chi connectivity index (χ3v) is 6.89. The summed E-state index contributed by atoms with van der Waals surface area (Å²) in [7, 11) is -0.582. The molecule has 0 saturated carbocycles. The van der Waals surface area contributed by atoms with Crippen LogP contribution in [0.25, 0.3) is 11.4 Å². The molecule has 0 N–H and O–H groups in total. The minimum Gasteiger partial charge on any atom is -0.338 e. The summed E-state index contributed by atoms with van der Waals surface area (Å²) in [5, 5.41) is 3.75. The molecule has 0 aliphatic heterocycles. The Morgan fingerprint density at radius 1 is 1.07 bits per heavy atom. The summed E-state index contributed by atoms with van der Waals surface area (Å²) in [5.41, 5.74) is 0.236. The van der Waals surface area contributed by atoms with Gasteiger partial charge in [0.15, 0.2) is 0 Å². The minimum atomic E-state index is -4.45. The monoisotopic (exact) mass is 457 g/mol. The predicted molar refractivity (Wildman–Crippen MR) is 107 cm³/mol. The minimum absolute atomic E-state index is 0.0794. The maximum atomic E-state index is 12.9. The highest BCUT2D eigenvalue weighted by Crippen LogP contribution is 2.31. The molecule has 0 bridgehead atoms. The summed E-state index contributed by atoms with van der Waals surface area (Å²) in [6.45, 7) is 0. The molecule has 3 rings (SSSR count). The highest BCUT2D eigenvalue weighted by Gasteiger charge is 2.30. The molecule has 0 spiro atoms. The number of hydrogen-bond acceptors (Lipinski definition) is 6. The van der Waals surface area contributed by atoms with Crippen LogP contribution in [0.5, 0.6) is 0 Å². The van der Waals surface area contributed by atoms with Crippen LogP contribution in [-0.4, -0.2) is 37.0 Å². The van der Waals surface area contributed by atoms with Gasteiger partial charge in [-0.25, -0.2) is 12.7 Å². The number of rotatable bonds is 7. The van der Waals surface area contributed by atoms with E-state index in [1.165, 1.54) is 44.1 Å². The summed E-state index contributed by atoms with van der Waals surface area (Å²) in [6.07, 6.45) is -4.45. The van der Waals surface area contributed by atoms with E-state index in [0.717, 1.165) is 22.0 Å². The topological polar surface area (TPSA) is 76.3 Å². The molecule has 1 heterocycles. The van der Waals surface area contributed by atoms with Crippen LogP contribution in [0, 0.1) is 0 Å². The smallest absolute Gasteiger partial charge is 0.338 e. The van der Waals surface area contributed by atoms with E-state index in [1.54, 1.807) is 12.1 Å². The molecule has 0 unspecified atom stereocenters. The third kappa shape index (κ3) is 5.21. The fraction of sp³-hybridized carbons (Fsp3) is 0.263. The van der Waals surface area contributed by atoms with Crippen molar-refractivity contribution in [1.82, 2.24) is 14.4 Å². The van der Waals surface area contributed by atoms with Crippen LogP contribution in [0.1, 0.15) is 17.0 Å². The van der Waals surface area contributed by atoms with Crippen molar-refractivity contribution in [2.24, 2.45) is 0 Å². The normalized spacial score (nSPS) is 12.5. The number of hydrogen-bond donors (Lipinski definition) is 0. The van der Waals surface area contributed by atoms with Crippen molar-refractivity contribution in [3.05, 3.63) is 65.5 Å². The quantitative estimate of drug-likeness (QED) is 0.522. The first-order valence-electron chi connectivity index (χ1n) is 8.67. The molecule has 0 aliphatic carbocycles. The van der Waals surface area contributed by atoms with Crippen LogP contribution < -0.4 is 0 Å². The molecule has 0 fully saturated rings. The molecular weight excluding hydrogens is 439 g/mol. The van der Waals surface area contributed by atoms with Crippen molar-refractivity contribution in [3.63, 3.8) is 0 Å². The molecule has 30 heavy (non-hydrogen) atoms. The van der Waals surface area contributed by atoms with Crippen LogP contribution in [0.3, 0.4) is 0 Å². The van der Waals surface area contributed by atoms with Gasteiger partial charge in [-0.15, -0.1) is 11.8 Å². The number of thioether (sulfide) groups is 1. The highest BCUT2D eigenvalue weighted by atomic mass is 32.2. The Hall–Kier alpha value is -2.37. The number of benzene rings is 2. The Labute approximate surface area is 176 Å². The molecule has 160 valence electrons. The average Bonchev–Trinajstić information content (AvgIpc) is 3.16. The zero-order valence-corrected chi connectivity index (χ0v) is 17.7. The fourth-order valence-electron chi connectivity index (χ4n) is 2.53. The summed E-state index contributed by atoms with van der Waals surface area (Å²) in [6, 6.07) is 11.3. The molecule has 6 nitrogen and oxygen atoms in total. The van der Waals surface area contributed by atoms with Gasteiger partial charge in [-0.1, -0.05) is 29.4 Å². The van der Waals surface area contributed by atoms with Gasteiger partial charge in [-0.3, -0.25) is 0 Å². The first-order chi connectivity index (χ1) is 14.1. The lowest BCUT2D eigenvalue weighted by molar-refractivity contribution is -0.137. The van der Waals surface area contributed by atoms with E-state index in [0.29, 0.717) is 11.5 Å². The number of sulfonamides is 1. The Kier molecular flexibility index (Phi) is 6.53. The third-order valence-electron chi connectivity index (χ3n) is 4.09. The van der Waals surface area contributed by atoms with Crippen LogP contribution in [-0.2, 0) is 27.7 Å². The van der Waals surface area contributed by atoms with Gasteiger partial charge in [-0.05, 0) is 29.8 Å².